The molecule has 0 saturated heterocycles. The predicted octanol–water partition coefficient (Wildman–Crippen LogP) is 2.50. The highest BCUT2D eigenvalue weighted by Crippen LogP contribution is 2.24. The summed E-state index contributed by atoms with van der Waals surface area (Å²) in [5.74, 6) is -0.678. The maximum atomic E-state index is 13.3. The molecule has 1 fully saturated rings. The standard InChI is InChI=1S/C12H14BrFN2O/c13-9-4-7(5-10(14)12(9)15)11(17)6-16-8-2-1-3-8/h4-5,8,16H,1-3,6,15H2. The molecular formula is C12H14BrFN2O. The Balaban J connectivity index is 2.02. The van der Waals surface area contributed by atoms with Crippen molar-refractivity contribution in [2.24, 2.45) is 0 Å². The highest BCUT2D eigenvalue weighted by atomic mass is 79.9. The lowest BCUT2D eigenvalue weighted by Gasteiger charge is -2.26. The predicted molar refractivity (Wildman–Crippen MR) is 68.5 cm³/mol. The Kier molecular flexibility index (Phi) is 3.79. The Labute approximate surface area is 108 Å². The third-order valence-corrected chi connectivity index (χ3v) is 3.71. The average molecular weight is 301 g/mol. The van der Waals surface area contributed by atoms with Gasteiger partial charge in [0.25, 0.3) is 0 Å². The van der Waals surface area contributed by atoms with Gasteiger partial charge < -0.3 is 11.1 Å². The van der Waals surface area contributed by atoms with E-state index in [0.29, 0.717) is 16.1 Å². The van der Waals surface area contributed by atoms with Crippen molar-refractivity contribution in [3.05, 3.63) is 28.0 Å². The number of anilines is 1. The summed E-state index contributed by atoms with van der Waals surface area (Å²) in [6.07, 6.45) is 3.45. The van der Waals surface area contributed by atoms with Crippen LogP contribution in [0.2, 0.25) is 0 Å². The highest BCUT2D eigenvalue weighted by molar-refractivity contribution is 9.10. The second kappa shape index (κ2) is 5.14. The molecule has 0 radical (unpaired) electrons. The lowest BCUT2D eigenvalue weighted by Crippen LogP contribution is -2.38. The Morgan fingerprint density at radius 1 is 1.53 bits per heavy atom. The summed E-state index contributed by atoms with van der Waals surface area (Å²) in [4.78, 5) is 11.8. The van der Waals surface area contributed by atoms with E-state index in [1.807, 2.05) is 0 Å². The van der Waals surface area contributed by atoms with Crippen molar-refractivity contribution < 1.29 is 9.18 Å². The summed E-state index contributed by atoms with van der Waals surface area (Å²) in [6.45, 7) is 0.250. The molecular weight excluding hydrogens is 287 g/mol. The zero-order valence-electron chi connectivity index (χ0n) is 9.30. The van der Waals surface area contributed by atoms with Crippen molar-refractivity contribution in [3.8, 4) is 0 Å². The number of halogens is 2. The first kappa shape index (κ1) is 12.5. The van der Waals surface area contributed by atoms with E-state index in [0.717, 1.165) is 12.8 Å². The number of nitrogen functional groups attached to an aromatic ring is 1. The van der Waals surface area contributed by atoms with E-state index in [1.165, 1.54) is 12.5 Å². The van der Waals surface area contributed by atoms with Crippen LogP contribution >= 0.6 is 15.9 Å². The zero-order valence-corrected chi connectivity index (χ0v) is 10.9. The van der Waals surface area contributed by atoms with Crippen LogP contribution in [0.25, 0.3) is 0 Å². The molecule has 1 saturated carbocycles. The summed E-state index contributed by atoms with van der Waals surface area (Å²) in [7, 11) is 0. The van der Waals surface area contributed by atoms with Gasteiger partial charge in [-0.1, -0.05) is 6.42 Å². The molecule has 0 unspecified atom stereocenters. The number of carbonyl (C=O) groups excluding carboxylic acids is 1. The second-order valence-electron chi connectivity index (χ2n) is 4.29. The summed E-state index contributed by atoms with van der Waals surface area (Å²) in [5.41, 5.74) is 5.83. The van der Waals surface area contributed by atoms with Crippen LogP contribution in [0.4, 0.5) is 10.1 Å². The van der Waals surface area contributed by atoms with Gasteiger partial charge in [-0.25, -0.2) is 4.39 Å². The van der Waals surface area contributed by atoms with E-state index in [9.17, 15) is 9.18 Å². The minimum absolute atomic E-state index is 0.0357. The average Bonchev–Trinajstić information content (AvgIpc) is 2.22. The summed E-state index contributed by atoms with van der Waals surface area (Å²) in [6, 6.07) is 3.19. The first-order valence-electron chi connectivity index (χ1n) is 5.59. The maximum absolute atomic E-state index is 13.3. The molecule has 0 aliphatic heterocycles. The van der Waals surface area contributed by atoms with Crippen LogP contribution in [0.15, 0.2) is 16.6 Å². The molecule has 0 aromatic heterocycles. The lowest BCUT2D eigenvalue weighted by atomic mass is 9.93. The maximum Gasteiger partial charge on any atom is 0.176 e. The molecule has 5 heteroatoms. The van der Waals surface area contributed by atoms with Crippen molar-refractivity contribution in [1.82, 2.24) is 5.32 Å². The van der Waals surface area contributed by atoms with Crippen LogP contribution in [0.3, 0.4) is 0 Å². The number of hydrogen-bond donors (Lipinski definition) is 2. The number of carbonyl (C=O) groups is 1. The Hall–Kier alpha value is -0.940. The molecule has 3 nitrogen and oxygen atoms in total. The monoisotopic (exact) mass is 300 g/mol. The summed E-state index contributed by atoms with van der Waals surface area (Å²) in [5, 5.41) is 3.15. The van der Waals surface area contributed by atoms with Crippen molar-refractivity contribution >= 4 is 27.4 Å². The van der Waals surface area contributed by atoms with Crippen molar-refractivity contribution in [3.63, 3.8) is 0 Å². The molecule has 1 aliphatic carbocycles. The highest BCUT2D eigenvalue weighted by Gasteiger charge is 2.18. The molecule has 0 heterocycles. The fraction of sp³-hybridized carbons (Fsp3) is 0.417. The largest absolute Gasteiger partial charge is 0.395 e. The van der Waals surface area contributed by atoms with Gasteiger partial charge in [0.1, 0.15) is 5.82 Å². The molecule has 0 atom stereocenters. The molecule has 1 aromatic carbocycles. The van der Waals surface area contributed by atoms with Gasteiger partial charge in [0.15, 0.2) is 5.78 Å². The van der Waals surface area contributed by atoms with Crippen LogP contribution in [0.5, 0.6) is 0 Å². The molecule has 17 heavy (non-hydrogen) atoms. The fourth-order valence-corrected chi connectivity index (χ4v) is 2.13. The Morgan fingerprint density at radius 3 is 2.76 bits per heavy atom. The van der Waals surface area contributed by atoms with Crippen molar-refractivity contribution in [2.75, 3.05) is 12.3 Å². The number of nitrogens with two attached hydrogens (primary N) is 1. The van der Waals surface area contributed by atoms with Gasteiger partial charge in [-0.05, 0) is 40.9 Å². The topological polar surface area (TPSA) is 55.1 Å². The summed E-state index contributed by atoms with van der Waals surface area (Å²) >= 11 is 3.13. The van der Waals surface area contributed by atoms with E-state index >= 15 is 0 Å². The van der Waals surface area contributed by atoms with E-state index in [1.54, 1.807) is 6.07 Å². The van der Waals surface area contributed by atoms with Crippen molar-refractivity contribution in [1.29, 1.82) is 0 Å². The van der Waals surface area contributed by atoms with E-state index < -0.39 is 5.82 Å². The fourth-order valence-electron chi connectivity index (χ4n) is 1.70. The Morgan fingerprint density at radius 2 is 2.24 bits per heavy atom. The van der Waals surface area contributed by atoms with Crippen LogP contribution in [-0.2, 0) is 0 Å². The van der Waals surface area contributed by atoms with Gasteiger partial charge in [0.2, 0.25) is 0 Å². The lowest BCUT2D eigenvalue weighted by molar-refractivity contribution is 0.0981. The van der Waals surface area contributed by atoms with Gasteiger partial charge in [-0.2, -0.15) is 0 Å². The zero-order chi connectivity index (χ0) is 12.4. The van der Waals surface area contributed by atoms with Crippen molar-refractivity contribution in [2.45, 2.75) is 25.3 Å². The van der Waals surface area contributed by atoms with E-state index in [-0.39, 0.29) is 18.0 Å². The normalized spacial score (nSPS) is 15.6. The number of hydrogen-bond acceptors (Lipinski definition) is 3. The number of rotatable bonds is 4. The second-order valence-corrected chi connectivity index (χ2v) is 5.14. The summed E-state index contributed by atoms with van der Waals surface area (Å²) < 4.78 is 13.8. The molecule has 0 spiro atoms. The molecule has 0 bridgehead atoms. The Bertz CT molecular complexity index is 423. The molecule has 0 amide bonds. The third kappa shape index (κ3) is 2.84. The minimum atomic E-state index is -0.564. The van der Waals surface area contributed by atoms with Gasteiger partial charge >= 0.3 is 0 Å². The first-order chi connectivity index (χ1) is 8.08. The number of Topliss-reactive ketones (excluding diaryl/α,β-unsaturated/α-hetero) is 1. The number of ketones is 1. The van der Waals surface area contributed by atoms with E-state index in [4.69, 9.17) is 5.73 Å². The quantitative estimate of drug-likeness (QED) is 0.663. The number of nitrogens with one attached hydrogen (secondary N) is 1. The van der Waals surface area contributed by atoms with Gasteiger partial charge in [0.05, 0.1) is 12.2 Å². The van der Waals surface area contributed by atoms with Gasteiger partial charge in [0, 0.05) is 16.1 Å². The number of benzene rings is 1. The molecule has 1 aliphatic rings. The van der Waals surface area contributed by atoms with Crippen LogP contribution < -0.4 is 11.1 Å². The third-order valence-electron chi connectivity index (χ3n) is 3.06. The van der Waals surface area contributed by atoms with E-state index in [2.05, 4.69) is 21.2 Å². The molecule has 3 N–H and O–H groups in total. The minimum Gasteiger partial charge on any atom is -0.395 e. The molecule has 92 valence electrons. The van der Waals surface area contributed by atoms with Crippen LogP contribution in [-0.4, -0.2) is 18.4 Å². The van der Waals surface area contributed by atoms with Gasteiger partial charge in [-0.15, -0.1) is 0 Å². The smallest absolute Gasteiger partial charge is 0.176 e. The van der Waals surface area contributed by atoms with Crippen LogP contribution in [0, 0.1) is 5.82 Å². The van der Waals surface area contributed by atoms with Gasteiger partial charge in [-0.3, -0.25) is 4.79 Å². The SMILES string of the molecule is Nc1c(F)cc(C(=O)CNC2CCC2)cc1Br. The van der Waals surface area contributed by atoms with Crippen LogP contribution in [0.1, 0.15) is 29.6 Å². The first-order valence-corrected chi connectivity index (χ1v) is 6.38. The molecule has 1 aromatic rings. The molecule has 2 rings (SSSR count).